The second kappa shape index (κ2) is 13.0. The van der Waals surface area contributed by atoms with Crippen molar-refractivity contribution in [2.45, 2.75) is 45.0 Å². The van der Waals surface area contributed by atoms with Crippen molar-refractivity contribution in [3.63, 3.8) is 0 Å². The molecule has 14 heteroatoms. The molecule has 2 aliphatic rings. The van der Waals surface area contributed by atoms with Crippen LogP contribution in [-0.4, -0.2) is 94.0 Å². The number of ether oxygens (including phenoxy) is 1. The van der Waals surface area contributed by atoms with Crippen LogP contribution in [0.2, 0.25) is 0 Å². The zero-order chi connectivity index (χ0) is 31.2. The Morgan fingerprint density at radius 1 is 1.12 bits per heavy atom. The summed E-state index contributed by atoms with van der Waals surface area (Å²) in [4.78, 5) is 43.2. The van der Waals surface area contributed by atoms with E-state index in [0.29, 0.717) is 24.3 Å². The number of anilines is 1. The number of halogens is 3. The monoisotopic (exact) mass is 591 g/mol. The summed E-state index contributed by atoms with van der Waals surface area (Å²) in [6.07, 6.45) is -4.27. The topological polar surface area (TPSA) is 147 Å². The summed E-state index contributed by atoms with van der Waals surface area (Å²) in [6.45, 7) is 5.43. The number of aromatic nitrogens is 1. The first-order chi connectivity index (χ1) is 19.7. The molecule has 2 saturated heterocycles. The van der Waals surface area contributed by atoms with Crippen molar-refractivity contribution in [1.29, 1.82) is 5.26 Å². The van der Waals surface area contributed by atoms with Crippen molar-refractivity contribution in [2.75, 3.05) is 37.6 Å². The Bertz CT molecular complexity index is 1320. The van der Waals surface area contributed by atoms with Crippen LogP contribution < -0.4 is 4.90 Å². The Morgan fingerprint density at radius 2 is 1.76 bits per heavy atom. The van der Waals surface area contributed by atoms with E-state index in [-0.39, 0.29) is 30.9 Å². The van der Waals surface area contributed by atoms with Crippen LogP contribution in [0.15, 0.2) is 36.5 Å². The number of nitrogens with zero attached hydrogens (tertiary/aromatic N) is 5. The van der Waals surface area contributed by atoms with Crippen LogP contribution in [0.4, 0.5) is 23.7 Å². The van der Waals surface area contributed by atoms with Crippen LogP contribution >= 0.6 is 0 Å². The number of pyridine rings is 1. The lowest BCUT2D eigenvalue weighted by atomic mass is 10.0. The highest BCUT2D eigenvalue weighted by molar-refractivity contribution is 5.86. The van der Waals surface area contributed by atoms with Gasteiger partial charge in [0.15, 0.2) is 0 Å². The third-order valence-electron chi connectivity index (χ3n) is 6.79. The van der Waals surface area contributed by atoms with Crippen LogP contribution in [0, 0.1) is 17.2 Å². The minimum Gasteiger partial charge on any atom is -0.507 e. The van der Waals surface area contributed by atoms with Crippen molar-refractivity contribution < 1.29 is 42.5 Å². The van der Waals surface area contributed by atoms with Gasteiger partial charge in [0, 0.05) is 38.3 Å². The highest BCUT2D eigenvalue weighted by Gasteiger charge is 2.52. The van der Waals surface area contributed by atoms with E-state index >= 15 is 0 Å². The Kier molecular flexibility index (Phi) is 9.87. The number of benzene rings is 1. The summed E-state index contributed by atoms with van der Waals surface area (Å²) in [7, 11) is 0. The zero-order valence-electron chi connectivity index (χ0n) is 23.3. The van der Waals surface area contributed by atoms with Gasteiger partial charge in [-0.15, -0.1) is 0 Å². The average molecular weight is 592 g/mol. The van der Waals surface area contributed by atoms with Gasteiger partial charge in [-0.05, 0) is 57.5 Å². The molecule has 2 N–H and O–H groups in total. The molecule has 11 nitrogen and oxygen atoms in total. The van der Waals surface area contributed by atoms with Crippen LogP contribution in [0.5, 0.6) is 5.75 Å². The molecule has 1 aromatic heterocycles. The highest BCUT2D eigenvalue weighted by Crippen LogP contribution is 2.38. The summed E-state index contributed by atoms with van der Waals surface area (Å²) in [5.41, 5.74) is 1.34. The predicted molar refractivity (Wildman–Crippen MR) is 144 cm³/mol. The fourth-order valence-corrected chi connectivity index (χ4v) is 4.75. The third-order valence-corrected chi connectivity index (χ3v) is 6.79. The summed E-state index contributed by atoms with van der Waals surface area (Å²) in [6, 6.07) is 8.98. The number of carbonyl (C=O) groups excluding carboxylic acids is 2. The van der Waals surface area contributed by atoms with Crippen molar-refractivity contribution >= 4 is 24.2 Å². The molecule has 42 heavy (non-hydrogen) atoms. The third kappa shape index (κ3) is 7.80. The van der Waals surface area contributed by atoms with E-state index in [9.17, 15) is 27.9 Å². The zero-order valence-corrected chi connectivity index (χ0v) is 23.3. The fraction of sp³-hybridized carbons (Fsp3) is 0.464. The minimum atomic E-state index is -4.52. The van der Waals surface area contributed by atoms with Gasteiger partial charge < -0.3 is 24.7 Å². The first kappa shape index (κ1) is 32.0. The number of carboxylic acid groups (broad SMARTS) is 1. The molecule has 0 aliphatic carbocycles. The smallest absolute Gasteiger partial charge is 0.410 e. The Hall–Kier alpha value is -4.54. The molecule has 0 unspecified atom stereocenters. The maximum absolute atomic E-state index is 13.5. The summed E-state index contributed by atoms with van der Waals surface area (Å²) < 4.78 is 45.8. The maximum atomic E-state index is 13.5. The summed E-state index contributed by atoms with van der Waals surface area (Å²) in [5, 5.41) is 25.7. The number of likely N-dealkylation sites (tertiary alicyclic amines) is 1. The van der Waals surface area contributed by atoms with Gasteiger partial charge in [-0.2, -0.15) is 18.4 Å². The molecule has 3 heterocycles. The molecule has 2 aromatic rings. The molecule has 226 valence electrons. The van der Waals surface area contributed by atoms with E-state index in [1.165, 1.54) is 11.0 Å². The lowest BCUT2D eigenvalue weighted by Crippen LogP contribution is -2.54. The number of carbonyl (C=O) groups is 3. The number of phenols is 1. The van der Waals surface area contributed by atoms with Crippen molar-refractivity contribution in [3.05, 3.63) is 42.1 Å². The highest BCUT2D eigenvalue weighted by atomic mass is 19.4. The van der Waals surface area contributed by atoms with Crippen LogP contribution in [0.3, 0.4) is 0 Å². The molecule has 1 aromatic carbocycles. The van der Waals surface area contributed by atoms with Gasteiger partial charge >= 0.3 is 12.3 Å². The number of nitriles is 1. The molecule has 0 radical (unpaired) electrons. The van der Waals surface area contributed by atoms with Gasteiger partial charge in [-0.1, -0.05) is 0 Å². The van der Waals surface area contributed by atoms with Crippen LogP contribution in [0.1, 0.15) is 32.8 Å². The van der Waals surface area contributed by atoms with Gasteiger partial charge in [-0.3, -0.25) is 19.5 Å². The van der Waals surface area contributed by atoms with Crippen molar-refractivity contribution in [2.24, 2.45) is 5.92 Å². The summed E-state index contributed by atoms with van der Waals surface area (Å²) in [5.74, 6) is -2.41. The second-order valence-corrected chi connectivity index (χ2v) is 10.8. The van der Waals surface area contributed by atoms with Crippen molar-refractivity contribution in [3.8, 4) is 23.1 Å². The first-order valence-electron chi connectivity index (χ1n) is 13.1. The molecule has 2 fully saturated rings. The van der Waals surface area contributed by atoms with Gasteiger partial charge in [-0.25, -0.2) is 4.79 Å². The van der Waals surface area contributed by atoms with E-state index < -0.39 is 48.7 Å². The lowest BCUT2D eigenvalue weighted by Gasteiger charge is -2.38. The molecular weight excluding hydrogens is 559 g/mol. The largest absolute Gasteiger partial charge is 0.507 e. The number of phenolic OH excluding ortho intramolecular Hbond substituents is 1. The first-order valence-corrected chi connectivity index (χ1v) is 13.1. The number of alkyl halides is 3. The quantitative estimate of drug-likeness (QED) is 0.508. The van der Waals surface area contributed by atoms with E-state index in [4.69, 9.17) is 19.9 Å². The van der Waals surface area contributed by atoms with Crippen LogP contribution in [0.25, 0.3) is 11.3 Å². The molecule has 4 rings (SSSR count). The molecule has 0 spiro atoms. The van der Waals surface area contributed by atoms with Crippen LogP contribution in [-0.2, 0) is 14.3 Å². The number of aromatic hydroxyl groups is 1. The fourth-order valence-electron chi connectivity index (χ4n) is 4.75. The number of hydrogen-bond donors (Lipinski definition) is 2. The second-order valence-electron chi connectivity index (χ2n) is 10.8. The molecule has 2 atom stereocenters. The molecule has 0 bridgehead atoms. The van der Waals surface area contributed by atoms with Gasteiger partial charge in [0.25, 0.3) is 6.47 Å². The summed E-state index contributed by atoms with van der Waals surface area (Å²) >= 11 is 0. The average Bonchev–Trinajstić information content (AvgIpc) is 3.40. The Labute approximate surface area is 240 Å². The Balaban J connectivity index is 0.00000155. The van der Waals surface area contributed by atoms with Gasteiger partial charge in [0.1, 0.15) is 23.5 Å². The van der Waals surface area contributed by atoms with E-state index in [2.05, 4.69) is 4.98 Å². The predicted octanol–water partition coefficient (Wildman–Crippen LogP) is 3.86. The maximum Gasteiger partial charge on any atom is 0.410 e. The van der Waals surface area contributed by atoms with Crippen molar-refractivity contribution in [1.82, 2.24) is 14.8 Å². The van der Waals surface area contributed by atoms with Gasteiger partial charge in [0.2, 0.25) is 5.91 Å². The number of rotatable bonds is 3. The minimum absolute atomic E-state index is 0.106. The molecule has 2 aliphatic heterocycles. The molecule has 0 saturated carbocycles. The lowest BCUT2D eigenvalue weighted by molar-refractivity contribution is -0.170. The number of hydrogen-bond acceptors (Lipinski definition) is 8. The standard InChI is InChI=1S/C27H30F3N5O4.CH2O2/c1-26(2,3)39-25(38)35-16-19(27(28,29)30)13-22(35)24(37)34-10-8-33(9-11-34)20-5-6-21(32-15-20)17-4-7-23(36)18(12-17)14-31;2-1-3/h4-7,12,15,19,22,36H,8-11,13,16H2,1-3H3;1H,(H,2,3)/t19-,22+;/m1./s1. The van der Waals surface area contributed by atoms with E-state index in [0.717, 1.165) is 10.6 Å². The SMILES string of the molecule is CC(C)(C)OC(=O)N1C[C@H](C(F)(F)F)C[C@H]1C(=O)N1CCN(c2ccc(-c3ccc(O)c(C#N)c3)nc2)CC1.O=CO. The van der Waals surface area contributed by atoms with Gasteiger partial charge in [0.05, 0.1) is 29.1 Å². The number of amides is 2. The number of piperazine rings is 1. The van der Waals surface area contributed by atoms with E-state index in [1.54, 1.807) is 45.2 Å². The van der Waals surface area contributed by atoms with E-state index in [1.807, 2.05) is 17.0 Å². The Morgan fingerprint density at radius 3 is 2.29 bits per heavy atom. The normalized spacial score (nSPS) is 18.9. The molecular formula is C28H32F3N5O6. The molecule has 2 amide bonds.